The number of benzene rings is 2. The van der Waals surface area contributed by atoms with Crippen molar-refractivity contribution in [1.82, 2.24) is 9.88 Å². The van der Waals surface area contributed by atoms with E-state index in [0.717, 1.165) is 22.3 Å². The van der Waals surface area contributed by atoms with Gasteiger partial charge in [-0.25, -0.2) is 4.39 Å². The molecule has 0 radical (unpaired) electrons. The van der Waals surface area contributed by atoms with E-state index in [0.29, 0.717) is 30.5 Å². The van der Waals surface area contributed by atoms with Gasteiger partial charge in [0.15, 0.2) is 5.43 Å². The van der Waals surface area contributed by atoms with Crippen molar-refractivity contribution in [2.45, 2.75) is 26.8 Å². The van der Waals surface area contributed by atoms with Gasteiger partial charge in [0.1, 0.15) is 5.82 Å². The molecule has 3 aromatic rings. The first kappa shape index (κ1) is 18.4. The van der Waals surface area contributed by atoms with Gasteiger partial charge >= 0.3 is 0 Å². The number of nitrogens with zero attached hydrogens (tertiary/aromatic N) is 1. The Balaban J connectivity index is 1.56. The van der Waals surface area contributed by atoms with E-state index in [-0.39, 0.29) is 23.6 Å². The van der Waals surface area contributed by atoms with Crippen LogP contribution in [0, 0.1) is 19.7 Å². The van der Waals surface area contributed by atoms with E-state index in [4.69, 9.17) is 0 Å². The first-order valence-corrected chi connectivity index (χ1v) is 9.34. The van der Waals surface area contributed by atoms with Crippen molar-refractivity contribution in [3.8, 4) is 0 Å². The number of aromatic amines is 1. The molecule has 0 saturated carbocycles. The standard InChI is InChI=1S/C22H22FN3O2/c1-13-7-8-15-21(14(13)2)25-18-9-10-26(11-16(18)22(15)28)12-20(27)24-19-6-4-3-5-17(19)23/h3-8H,9-12H2,1-2H3,(H,24,27)(H,25,28). The molecule has 0 spiro atoms. The molecular weight excluding hydrogens is 357 g/mol. The number of carbonyl (C=O) groups is 1. The monoisotopic (exact) mass is 379 g/mol. The van der Waals surface area contributed by atoms with Gasteiger partial charge in [0.05, 0.1) is 17.7 Å². The van der Waals surface area contributed by atoms with Gasteiger partial charge in [-0.05, 0) is 43.2 Å². The van der Waals surface area contributed by atoms with Crippen LogP contribution in [-0.2, 0) is 17.8 Å². The first-order chi connectivity index (χ1) is 13.4. The summed E-state index contributed by atoms with van der Waals surface area (Å²) in [6, 6.07) is 9.90. The fourth-order valence-corrected chi connectivity index (χ4v) is 3.74. The summed E-state index contributed by atoms with van der Waals surface area (Å²) in [5.74, 6) is -0.759. The lowest BCUT2D eigenvalue weighted by atomic mass is 9.99. The summed E-state index contributed by atoms with van der Waals surface area (Å²) >= 11 is 0. The van der Waals surface area contributed by atoms with Crippen molar-refractivity contribution in [2.75, 3.05) is 18.4 Å². The minimum absolute atomic E-state index is 0.0195. The van der Waals surface area contributed by atoms with Gasteiger partial charge in [0, 0.05) is 36.2 Å². The van der Waals surface area contributed by atoms with Crippen molar-refractivity contribution < 1.29 is 9.18 Å². The molecule has 5 nitrogen and oxygen atoms in total. The predicted octanol–water partition coefficient (Wildman–Crippen LogP) is 3.28. The number of hydrogen-bond donors (Lipinski definition) is 2. The number of hydrogen-bond acceptors (Lipinski definition) is 3. The zero-order valence-electron chi connectivity index (χ0n) is 15.9. The van der Waals surface area contributed by atoms with Gasteiger partial charge < -0.3 is 10.3 Å². The summed E-state index contributed by atoms with van der Waals surface area (Å²) in [5, 5.41) is 3.28. The molecule has 0 bridgehead atoms. The molecule has 0 fully saturated rings. The number of anilines is 1. The summed E-state index contributed by atoms with van der Waals surface area (Å²) in [5.41, 5.74) is 4.97. The number of carbonyl (C=O) groups excluding carboxylic acids is 1. The van der Waals surface area contributed by atoms with E-state index in [2.05, 4.69) is 10.3 Å². The number of aryl methyl sites for hydroxylation is 2. The van der Waals surface area contributed by atoms with Gasteiger partial charge in [-0.2, -0.15) is 0 Å². The predicted molar refractivity (Wildman–Crippen MR) is 108 cm³/mol. The van der Waals surface area contributed by atoms with Gasteiger partial charge in [-0.15, -0.1) is 0 Å². The van der Waals surface area contributed by atoms with Gasteiger partial charge in [-0.1, -0.05) is 18.2 Å². The summed E-state index contributed by atoms with van der Waals surface area (Å²) in [6.07, 6.45) is 0.668. The molecule has 2 aromatic carbocycles. The molecule has 1 aromatic heterocycles. The van der Waals surface area contributed by atoms with E-state index in [1.54, 1.807) is 12.1 Å². The Morgan fingerprint density at radius 1 is 1.21 bits per heavy atom. The van der Waals surface area contributed by atoms with Gasteiger partial charge in [0.2, 0.25) is 5.91 Å². The number of halogens is 1. The van der Waals surface area contributed by atoms with Crippen LogP contribution in [0.4, 0.5) is 10.1 Å². The van der Waals surface area contributed by atoms with Crippen LogP contribution < -0.4 is 10.7 Å². The Hall–Kier alpha value is -2.99. The highest BCUT2D eigenvalue weighted by molar-refractivity contribution is 5.92. The quantitative estimate of drug-likeness (QED) is 0.734. The number of H-pyrrole nitrogens is 1. The topological polar surface area (TPSA) is 65.2 Å². The SMILES string of the molecule is Cc1ccc2c(=O)c3c([nH]c2c1C)CCN(CC(=O)Nc1ccccc1F)C3. The second-order valence-corrected chi connectivity index (χ2v) is 7.33. The number of aromatic nitrogens is 1. The van der Waals surface area contributed by atoms with Gasteiger partial charge in [0.25, 0.3) is 0 Å². The molecule has 0 aliphatic carbocycles. The Morgan fingerprint density at radius 2 is 2.00 bits per heavy atom. The molecule has 0 atom stereocenters. The third-order valence-corrected chi connectivity index (χ3v) is 5.47. The normalized spacial score (nSPS) is 14.1. The minimum atomic E-state index is -0.464. The average Bonchev–Trinajstić information content (AvgIpc) is 2.67. The lowest BCUT2D eigenvalue weighted by Crippen LogP contribution is -2.39. The van der Waals surface area contributed by atoms with Crippen LogP contribution in [0.3, 0.4) is 0 Å². The molecule has 2 heterocycles. The van der Waals surface area contributed by atoms with Crippen LogP contribution >= 0.6 is 0 Å². The number of rotatable bonds is 3. The molecule has 1 aliphatic rings. The Morgan fingerprint density at radius 3 is 2.79 bits per heavy atom. The summed E-state index contributed by atoms with van der Waals surface area (Å²) in [4.78, 5) is 30.7. The second-order valence-electron chi connectivity index (χ2n) is 7.33. The largest absolute Gasteiger partial charge is 0.358 e. The number of amides is 1. The minimum Gasteiger partial charge on any atom is -0.358 e. The molecule has 2 N–H and O–H groups in total. The average molecular weight is 379 g/mol. The highest BCUT2D eigenvalue weighted by Gasteiger charge is 2.23. The van der Waals surface area contributed by atoms with E-state index in [1.165, 1.54) is 12.1 Å². The maximum atomic E-state index is 13.7. The molecule has 0 saturated heterocycles. The molecule has 6 heteroatoms. The fourth-order valence-electron chi connectivity index (χ4n) is 3.74. The molecule has 144 valence electrons. The van der Waals surface area contributed by atoms with Crippen LogP contribution in [0.15, 0.2) is 41.2 Å². The number of pyridine rings is 1. The second kappa shape index (κ2) is 7.20. The van der Waals surface area contributed by atoms with Crippen LogP contribution in [0.5, 0.6) is 0 Å². The zero-order valence-corrected chi connectivity index (χ0v) is 15.9. The maximum absolute atomic E-state index is 13.7. The van der Waals surface area contributed by atoms with E-state index in [9.17, 15) is 14.0 Å². The molecule has 0 unspecified atom stereocenters. The highest BCUT2D eigenvalue weighted by Crippen LogP contribution is 2.22. The van der Waals surface area contributed by atoms with E-state index >= 15 is 0 Å². The molecule has 1 amide bonds. The van der Waals surface area contributed by atoms with Crippen molar-refractivity contribution in [2.24, 2.45) is 0 Å². The summed E-state index contributed by atoms with van der Waals surface area (Å²) in [6.45, 7) is 5.21. The number of fused-ring (bicyclic) bond motifs is 2. The third kappa shape index (κ3) is 3.31. The van der Waals surface area contributed by atoms with E-state index in [1.807, 2.05) is 30.9 Å². The Labute approximate surface area is 162 Å². The lowest BCUT2D eigenvalue weighted by molar-refractivity contribution is -0.117. The Bertz CT molecular complexity index is 1140. The van der Waals surface area contributed by atoms with Crippen LogP contribution in [0.2, 0.25) is 0 Å². The molecular formula is C22H22FN3O2. The fraction of sp³-hybridized carbons (Fsp3) is 0.273. The van der Waals surface area contributed by atoms with Crippen LogP contribution in [-0.4, -0.2) is 28.9 Å². The number of nitrogens with one attached hydrogen (secondary N) is 2. The number of para-hydroxylation sites is 1. The van der Waals surface area contributed by atoms with Crippen LogP contribution in [0.25, 0.3) is 10.9 Å². The van der Waals surface area contributed by atoms with Gasteiger partial charge in [-0.3, -0.25) is 14.5 Å². The van der Waals surface area contributed by atoms with Crippen molar-refractivity contribution in [3.05, 3.63) is 74.8 Å². The smallest absolute Gasteiger partial charge is 0.238 e. The Kier molecular flexibility index (Phi) is 4.73. The summed E-state index contributed by atoms with van der Waals surface area (Å²) in [7, 11) is 0. The zero-order chi connectivity index (χ0) is 19.8. The molecule has 4 rings (SSSR count). The van der Waals surface area contributed by atoms with Crippen molar-refractivity contribution >= 4 is 22.5 Å². The molecule has 28 heavy (non-hydrogen) atoms. The third-order valence-electron chi connectivity index (χ3n) is 5.47. The first-order valence-electron chi connectivity index (χ1n) is 9.34. The van der Waals surface area contributed by atoms with Crippen LogP contribution in [0.1, 0.15) is 22.4 Å². The molecule has 1 aliphatic heterocycles. The lowest BCUT2D eigenvalue weighted by Gasteiger charge is -2.28. The van der Waals surface area contributed by atoms with Crippen molar-refractivity contribution in [1.29, 1.82) is 0 Å². The van der Waals surface area contributed by atoms with Crippen molar-refractivity contribution in [3.63, 3.8) is 0 Å². The highest BCUT2D eigenvalue weighted by atomic mass is 19.1. The summed E-state index contributed by atoms with van der Waals surface area (Å²) < 4.78 is 13.7. The van der Waals surface area contributed by atoms with E-state index < -0.39 is 5.82 Å². The maximum Gasteiger partial charge on any atom is 0.238 e.